The molecule has 4 rings (SSSR count). The van der Waals surface area contributed by atoms with Gasteiger partial charge in [-0.3, -0.25) is 4.98 Å². The predicted molar refractivity (Wildman–Crippen MR) is 96.4 cm³/mol. The number of thioether (sulfide) groups is 2. The third-order valence-corrected chi connectivity index (χ3v) is 5.91. The van der Waals surface area contributed by atoms with Gasteiger partial charge < -0.3 is 9.80 Å². The van der Waals surface area contributed by atoms with E-state index in [-0.39, 0.29) is 0 Å². The van der Waals surface area contributed by atoms with Gasteiger partial charge in [0.1, 0.15) is 5.52 Å². The highest BCUT2D eigenvalue weighted by Gasteiger charge is 2.21. The third kappa shape index (κ3) is 2.84. The molecule has 5 nitrogen and oxygen atoms in total. The van der Waals surface area contributed by atoms with Crippen molar-refractivity contribution < 1.29 is 0 Å². The molecule has 2 aromatic rings. The van der Waals surface area contributed by atoms with Crippen LogP contribution >= 0.6 is 23.5 Å². The van der Waals surface area contributed by atoms with Crippen LogP contribution in [0, 0.1) is 0 Å². The lowest BCUT2D eigenvalue weighted by Crippen LogP contribution is -2.36. The van der Waals surface area contributed by atoms with E-state index < -0.39 is 0 Å². The van der Waals surface area contributed by atoms with E-state index in [1.807, 2.05) is 35.8 Å². The Morgan fingerprint density at radius 3 is 2.27 bits per heavy atom. The van der Waals surface area contributed by atoms with Crippen LogP contribution in [0.3, 0.4) is 0 Å². The van der Waals surface area contributed by atoms with Crippen molar-refractivity contribution in [3.63, 3.8) is 0 Å². The molecule has 7 heteroatoms. The molecule has 0 spiro atoms. The van der Waals surface area contributed by atoms with Crippen LogP contribution in [0.2, 0.25) is 0 Å². The molecule has 0 atom stereocenters. The molecule has 2 saturated heterocycles. The Kier molecular flexibility index (Phi) is 4.25. The smallest absolute Gasteiger partial charge is 0.228 e. The summed E-state index contributed by atoms with van der Waals surface area (Å²) in [5, 5.41) is 0. The van der Waals surface area contributed by atoms with E-state index >= 15 is 0 Å². The molecule has 0 bridgehead atoms. The topological polar surface area (TPSA) is 45.2 Å². The Labute approximate surface area is 138 Å². The van der Waals surface area contributed by atoms with Gasteiger partial charge in [0.05, 0.1) is 5.52 Å². The molecule has 116 valence electrons. The summed E-state index contributed by atoms with van der Waals surface area (Å²) in [6, 6.07) is 4.01. The van der Waals surface area contributed by atoms with E-state index in [1.165, 1.54) is 0 Å². The van der Waals surface area contributed by atoms with E-state index in [0.29, 0.717) is 0 Å². The highest BCUT2D eigenvalue weighted by molar-refractivity contribution is 7.99. The minimum Gasteiger partial charge on any atom is -0.353 e. The summed E-state index contributed by atoms with van der Waals surface area (Å²) in [4.78, 5) is 18.9. The van der Waals surface area contributed by atoms with Crippen molar-refractivity contribution in [3.8, 4) is 0 Å². The largest absolute Gasteiger partial charge is 0.353 e. The fourth-order valence-corrected chi connectivity index (χ4v) is 4.65. The summed E-state index contributed by atoms with van der Waals surface area (Å²) in [7, 11) is 0. The second-order valence-corrected chi connectivity index (χ2v) is 7.87. The first-order valence-corrected chi connectivity index (χ1v) is 10.0. The van der Waals surface area contributed by atoms with Gasteiger partial charge in [0, 0.05) is 55.4 Å². The molecule has 2 aliphatic rings. The van der Waals surface area contributed by atoms with Crippen LogP contribution in [0.5, 0.6) is 0 Å². The van der Waals surface area contributed by atoms with Crippen LogP contribution in [0.15, 0.2) is 18.3 Å². The molecule has 22 heavy (non-hydrogen) atoms. The van der Waals surface area contributed by atoms with E-state index in [9.17, 15) is 0 Å². The minimum absolute atomic E-state index is 0.869. The normalized spacial score (nSPS) is 19.6. The van der Waals surface area contributed by atoms with Crippen molar-refractivity contribution >= 4 is 46.3 Å². The maximum absolute atomic E-state index is 4.91. The fourth-order valence-electron chi connectivity index (χ4n) is 2.84. The highest BCUT2D eigenvalue weighted by atomic mass is 32.2. The van der Waals surface area contributed by atoms with E-state index in [4.69, 9.17) is 9.97 Å². The first-order valence-electron chi connectivity index (χ1n) is 7.70. The maximum atomic E-state index is 4.91. The van der Waals surface area contributed by atoms with E-state index in [0.717, 1.165) is 72.0 Å². The van der Waals surface area contributed by atoms with Gasteiger partial charge in [-0.1, -0.05) is 0 Å². The van der Waals surface area contributed by atoms with Crippen LogP contribution < -0.4 is 9.80 Å². The molecule has 0 amide bonds. The molecule has 0 unspecified atom stereocenters. The lowest BCUT2D eigenvalue weighted by molar-refractivity contribution is 0.800. The zero-order chi connectivity index (χ0) is 14.8. The monoisotopic (exact) mass is 333 g/mol. The van der Waals surface area contributed by atoms with Crippen molar-refractivity contribution in [2.45, 2.75) is 0 Å². The van der Waals surface area contributed by atoms with Crippen molar-refractivity contribution in [1.82, 2.24) is 15.0 Å². The third-order valence-electron chi connectivity index (χ3n) is 4.03. The van der Waals surface area contributed by atoms with E-state index in [1.54, 1.807) is 0 Å². The highest BCUT2D eigenvalue weighted by Crippen LogP contribution is 2.27. The van der Waals surface area contributed by atoms with E-state index in [2.05, 4.69) is 20.9 Å². The van der Waals surface area contributed by atoms with Crippen LogP contribution in [-0.4, -0.2) is 64.1 Å². The number of fused-ring (bicyclic) bond motifs is 1. The van der Waals surface area contributed by atoms with Crippen molar-refractivity contribution in [2.24, 2.45) is 0 Å². The summed E-state index contributed by atoms with van der Waals surface area (Å²) in [5.41, 5.74) is 1.89. The second-order valence-electron chi connectivity index (χ2n) is 5.42. The average molecular weight is 333 g/mol. The molecule has 4 heterocycles. The Morgan fingerprint density at radius 1 is 0.864 bits per heavy atom. The Hall–Kier alpha value is -1.21. The van der Waals surface area contributed by atoms with Crippen LogP contribution in [-0.2, 0) is 0 Å². The van der Waals surface area contributed by atoms with Crippen LogP contribution in [0.25, 0.3) is 11.0 Å². The van der Waals surface area contributed by atoms with Gasteiger partial charge in [0.25, 0.3) is 0 Å². The Morgan fingerprint density at radius 2 is 1.55 bits per heavy atom. The molecule has 2 fully saturated rings. The van der Waals surface area contributed by atoms with Gasteiger partial charge in [-0.05, 0) is 12.1 Å². The molecular formula is C15H19N5S2. The number of pyridine rings is 1. The van der Waals surface area contributed by atoms with Gasteiger partial charge in [-0.25, -0.2) is 4.98 Å². The quantitative estimate of drug-likeness (QED) is 0.834. The first-order chi connectivity index (χ1) is 10.9. The van der Waals surface area contributed by atoms with Crippen LogP contribution in [0.4, 0.5) is 11.8 Å². The maximum Gasteiger partial charge on any atom is 0.228 e. The predicted octanol–water partition coefficient (Wildman–Crippen LogP) is 2.13. The SMILES string of the molecule is c1cnc2c(N3CCSCC3)nc(N3CCSCC3)nc2c1. The summed E-state index contributed by atoms with van der Waals surface area (Å²) in [6.45, 7) is 4.16. The standard InChI is InChI=1S/C15H19N5S2/c1-2-12-13(16-3-1)14(19-4-8-21-9-5-19)18-15(17-12)20-6-10-22-11-7-20/h1-3H,4-11H2. The second kappa shape index (κ2) is 6.50. The summed E-state index contributed by atoms with van der Waals surface area (Å²) >= 11 is 4.02. The molecular weight excluding hydrogens is 314 g/mol. The van der Waals surface area contributed by atoms with Gasteiger partial charge in [-0.15, -0.1) is 0 Å². The molecule has 0 N–H and O–H groups in total. The minimum atomic E-state index is 0.869. The number of aromatic nitrogens is 3. The number of nitrogens with zero attached hydrogens (tertiary/aromatic N) is 5. The number of anilines is 2. The summed E-state index contributed by atoms with van der Waals surface area (Å²) in [5.74, 6) is 6.52. The zero-order valence-corrected chi connectivity index (χ0v) is 14.1. The summed E-state index contributed by atoms with van der Waals surface area (Å²) < 4.78 is 0. The summed E-state index contributed by atoms with van der Waals surface area (Å²) in [6.07, 6.45) is 1.84. The van der Waals surface area contributed by atoms with Crippen molar-refractivity contribution in [3.05, 3.63) is 18.3 Å². The number of hydrogen-bond donors (Lipinski definition) is 0. The Balaban J connectivity index is 1.78. The number of rotatable bonds is 2. The first kappa shape index (κ1) is 14.4. The molecule has 0 radical (unpaired) electrons. The van der Waals surface area contributed by atoms with Crippen molar-refractivity contribution in [1.29, 1.82) is 0 Å². The molecule has 0 saturated carbocycles. The van der Waals surface area contributed by atoms with Gasteiger partial charge in [0.2, 0.25) is 5.95 Å². The number of hydrogen-bond acceptors (Lipinski definition) is 7. The zero-order valence-electron chi connectivity index (χ0n) is 12.4. The van der Waals surface area contributed by atoms with Gasteiger partial charge in [-0.2, -0.15) is 28.5 Å². The average Bonchev–Trinajstić information content (AvgIpc) is 2.62. The van der Waals surface area contributed by atoms with Gasteiger partial charge >= 0.3 is 0 Å². The van der Waals surface area contributed by atoms with Crippen LogP contribution in [0.1, 0.15) is 0 Å². The van der Waals surface area contributed by atoms with Crippen molar-refractivity contribution in [2.75, 3.05) is 59.0 Å². The Bertz CT molecular complexity index is 653. The molecule has 2 aliphatic heterocycles. The van der Waals surface area contributed by atoms with Gasteiger partial charge in [0.15, 0.2) is 5.82 Å². The lowest BCUT2D eigenvalue weighted by Gasteiger charge is -2.30. The fraction of sp³-hybridized carbons (Fsp3) is 0.533. The molecule has 0 aromatic carbocycles. The lowest BCUT2D eigenvalue weighted by atomic mass is 10.3. The molecule has 2 aromatic heterocycles. The molecule has 0 aliphatic carbocycles.